The zero-order valence-corrected chi connectivity index (χ0v) is 8.20. The monoisotopic (exact) mass is 183 g/mol. The molecular weight excluding hydrogens is 166 g/mol. The van der Waals surface area contributed by atoms with Crippen molar-refractivity contribution in [2.45, 2.75) is 25.9 Å². The normalized spacial score (nSPS) is 13.2. The van der Waals surface area contributed by atoms with Crippen molar-refractivity contribution in [3.63, 3.8) is 0 Å². The van der Waals surface area contributed by atoms with Gasteiger partial charge in [0.1, 0.15) is 0 Å². The average Bonchev–Trinajstić information content (AvgIpc) is 2.54. The molecule has 0 saturated heterocycles. The molecule has 1 rings (SSSR count). The fourth-order valence-electron chi connectivity index (χ4n) is 1.24. The lowest BCUT2D eigenvalue weighted by molar-refractivity contribution is 0.236. The Kier molecular flexibility index (Phi) is 3.92. The number of nitrogens with one attached hydrogen (secondary N) is 1. The molecule has 2 N–H and O–H groups in total. The molecule has 0 spiro atoms. The zero-order chi connectivity index (χ0) is 9.68. The number of likely N-dealkylation sites (N-methyl/N-ethyl adjacent to an activating group) is 1. The molecule has 1 atom stereocenters. The predicted molar refractivity (Wildman–Crippen MR) is 51.5 cm³/mol. The van der Waals surface area contributed by atoms with E-state index >= 15 is 0 Å². The van der Waals surface area contributed by atoms with Crippen LogP contribution in [-0.4, -0.2) is 34.6 Å². The van der Waals surface area contributed by atoms with Crippen molar-refractivity contribution in [3.8, 4) is 0 Å². The number of aromatic nitrogens is 2. The van der Waals surface area contributed by atoms with Gasteiger partial charge in [0.15, 0.2) is 0 Å². The number of hydrogen-bond acceptors (Lipinski definition) is 3. The highest BCUT2D eigenvalue weighted by Crippen LogP contribution is 1.99. The molecule has 0 amide bonds. The minimum Gasteiger partial charge on any atom is -0.395 e. The Morgan fingerprint density at radius 1 is 1.69 bits per heavy atom. The molecule has 0 radical (unpaired) electrons. The van der Waals surface area contributed by atoms with Crippen molar-refractivity contribution in [2.24, 2.45) is 0 Å². The first-order chi connectivity index (χ1) is 6.27. The first-order valence-corrected chi connectivity index (χ1v) is 4.54. The third-order valence-corrected chi connectivity index (χ3v) is 2.25. The van der Waals surface area contributed by atoms with Crippen LogP contribution in [0.4, 0.5) is 0 Å². The van der Waals surface area contributed by atoms with Crippen LogP contribution in [0.25, 0.3) is 0 Å². The Morgan fingerprint density at radius 3 is 2.92 bits per heavy atom. The quantitative estimate of drug-likeness (QED) is 0.684. The Balaban J connectivity index is 2.38. The van der Waals surface area contributed by atoms with Crippen molar-refractivity contribution in [3.05, 3.63) is 18.0 Å². The molecule has 0 bridgehead atoms. The molecule has 74 valence electrons. The Labute approximate surface area is 78.6 Å². The van der Waals surface area contributed by atoms with Gasteiger partial charge in [0.25, 0.3) is 0 Å². The van der Waals surface area contributed by atoms with Crippen LogP contribution in [0.3, 0.4) is 0 Å². The van der Waals surface area contributed by atoms with E-state index in [1.165, 1.54) is 0 Å². The van der Waals surface area contributed by atoms with E-state index in [2.05, 4.69) is 10.4 Å². The molecule has 1 heterocycles. The van der Waals surface area contributed by atoms with E-state index in [0.29, 0.717) is 0 Å². The molecule has 4 nitrogen and oxygen atoms in total. The van der Waals surface area contributed by atoms with E-state index in [1.54, 1.807) is 6.20 Å². The second kappa shape index (κ2) is 4.99. The zero-order valence-electron chi connectivity index (χ0n) is 8.20. The molecule has 0 aromatic carbocycles. The average molecular weight is 183 g/mol. The Morgan fingerprint density at radius 2 is 2.46 bits per heavy atom. The minimum absolute atomic E-state index is 0.170. The molecule has 0 aliphatic carbocycles. The summed E-state index contributed by atoms with van der Waals surface area (Å²) in [6.45, 7) is 3.06. The molecule has 1 aromatic heterocycles. The molecule has 1 aromatic rings. The number of hydrogen-bond donors (Lipinski definition) is 2. The minimum atomic E-state index is 0.170. The molecule has 0 saturated carbocycles. The van der Waals surface area contributed by atoms with Crippen molar-refractivity contribution >= 4 is 0 Å². The molecule has 4 heteroatoms. The molecule has 13 heavy (non-hydrogen) atoms. The van der Waals surface area contributed by atoms with Gasteiger partial charge in [-0.2, -0.15) is 5.10 Å². The molecule has 0 aliphatic rings. The lowest BCUT2D eigenvalue weighted by atomic mass is 10.2. The van der Waals surface area contributed by atoms with Crippen molar-refractivity contribution < 1.29 is 5.11 Å². The SMILES string of the molecule is CNC(CO)CCn1nccc1C. The van der Waals surface area contributed by atoms with Gasteiger partial charge in [-0.1, -0.05) is 0 Å². The first-order valence-electron chi connectivity index (χ1n) is 4.54. The van der Waals surface area contributed by atoms with Gasteiger partial charge in [-0.3, -0.25) is 4.68 Å². The summed E-state index contributed by atoms with van der Waals surface area (Å²) in [5, 5.41) is 16.1. The number of aliphatic hydroxyl groups excluding tert-OH is 1. The van der Waals surface area contributed by atoms with E-state index < -0.39 is 0 Å². The Hall–Kier alpha value is -0.870. The number of nitrogens with zero attached hydrogens (tertiary/aromatic N) is 2. The Bertz CT molecular complexity index is 243. The first kappa shape index (κ1) is 10.2. The van der Waals surface area contributed by atoms with E-state index in [-0.39, 0.29) is 12.6 Å². The summed E-state index contributed by atoms with van der Waals surface area (Å²) in [5.41, 5.74) is 1.16. The van der Waals surface area contributed by atoms with Gasteiger partial charge in [0.2, 0.25) is 0 Å². The second-order valence-corrected chi connectivity index (χ2v) is 3.15. The maximum atomic E-state index is 8.93. The van der Waals surface area contributed by atoms with Crippen LogP contribution < -0.4 is 5.32 Å². The third-order valence-electron chi connectivity index (χ3n) is 2.25. The van der Waals surface area contributed by atoms with Crippen LogP contribution >= 0.6 is 0 Å². The summed E-state index contributed by atoms with van der Waals surface area (Å²) < 4.78 is 1.94. The summed E-state index contributed by atoms with van der Waals surface area (Å²) >= 11 is 0. The van der Waals surface area contributed by atoms with E-state index in [9.17, 15) is 0 Å². The largest absolute Gasteiger partial charge is 0.395 e. The topological polar surface area (TPSA) is 50.1 Å². The maximum Gasteiger partial charge on any atom is 0.0585 e. The van der Waals surface area contributed by atoms with Crippen LogP contribution in [0, 0.1) is 6.92 Å². The highest BCUT2D eigenvalue weighted by Gasteiger charge is 2.04. The summed E-state index contributed by atoms with van der Waals surface area (Å²) in [5.74, 6) is 0. The van der Waals surface area contributed by atoms with E-state index in [4.69, 9.17) is 5.11 Å². The lowest BCUT2D eigenvalue weighted by Gasteiger charge is -2.13. The standard InChI is InChI=1S/C9H17N3O/c1-8-3-5-11-12(8)6-4-9(7-13)10-2/h3,5,9-10,13H,4,6-7H2,1-2H3. The van der Waals surface area contributed by atoms with Crippen LogP contribution in [0.15, 0.2) is 12.3 Å². The molecule has 0 aliphatic heterocycles. The van der Waals surface area contributed by atoms with Crippen LogP contribution in [0.5, 0.6) is 0 Å². The highest BCUT2D eigenvalue weighted by molar-refractivity contribution is 4.96. The molecular formula is C9H17N3O. The van der Waals surface area contributed by atoms with Gasteiger partial charge in [-0.15, -0.1) is 0 Å². The summed E-state index contributed by atoms with van der Waals surface area (Å²) in [6, 6.07) is 2.15. The van der Waals surface area contributed by atoms with Crippen molar-refractivity contribution in [1.29, 1.82) is 0 Å². The number of aliphatic hydroxyl groups is 1. The summed E-state index contributed by atoms with van der Waals surface area (Å²) in [4.78, 5) is 0. The van der Waals surface area contributed by atoms with Gasteiger partial charge in [-0.05, 0) is 26.5 Å². The summed E-state index contributed by atoms with van der Waals surface area (Å²) in [6.07, 6.45) is 2.69. The highest BCUT2D eigenvalue weighted by atomic mass is 16.3. The van der Waals surface area contributed by atoms with Gasteiger partial charge in [0.05, 0.1) is 6.61 Å². The fourth-order valence-corrected chi connectivity index (χ4v) is 1.24. The number of rotatable bonds is 5. The predicted octanol–water partition coefficient (Wildman–Crippen LogP) is 0.162. The van der Waals surface area contributed by atoms with Crippen LogP contribution in [-0.2, 0) is 6.54 Å². The van der Waals surface area contributed by atoms with Gasteiger partial charge < -0.3 is 10.4 Å². The number of aryl methyl sites for hydroxylation is 2. The van der Waals surface area contributed by atoms with Crippen molar-refractivity contribution in [2.75, 3.05) is 13.7 Å². The van der Waals surface area contributed by atoms with Crippen molar-refractivity contribution in [1.82, 2.24) is 15.1 Å². The van der Waals surface area contributed by atoms with E-state index in [1.807, 2.05) is 24.7 Å². The van der Waals surface area contributed by atoms with Gasteiger partial charge in [-0.25, -0.2) is 0 Å². The van der Waals surface area contributed by atoms with E-state index in [0.717, 1.165) is 18.7 Å². The van der Waals surface area contributed by atoms with Gasteiger partial charge in [0, 0.05) is 24.5 Å². The second-order valence-electron chi connectivity index (χ2n) is 3.15. The van der Waals surface area contributed by atoms with Crippen LogP contribution in [0.2, 0.25) is 0 Å². The van der Waals surface area contributed by atoms with Gasteiger partial charge >= 0.3 is 0 Å². The van der Waals surface area contributed by atoms with Crippen LogP contribution in [0.1, 0.15) is 12.1 Å². The maximum absolute atomic E-state index is 8.93. The lowest BCUT2D eigenvalue weighted by Crippen LogP contribution is -2.30. The smallest absolute Gasteiger partial charge is 0.0585 e. The molecule has 1 unspecified atom stereocenters. The summed E-state index contributed by atoms with van der Waals surface area (Å²) in [7, 11) is 1.86. The third kappa shape index (κ3) is 2.82. The fraction of sp³-hybridized carbons (Fsp3) is 0.667. The molecule has 0 fully saturated rings.